The van der Waals surface area contributed by atoms with Crippen LogP contribution in [0.2, 0.25) is 0 Å². The number of hydrogen-bond acceptors (Lipinski definition) is 3. The highest BCUT2D eigenvalue weighted by molar-refractivity contribution is 5.86. The maximum absolute atomic E-state index is 11.1. The molecule has 0 aromatic carbocycles. The fourth-order valence-corrected chi connectivity index (χ4v) is 0.949. The van der Waals surface area contributed by atoms with Crippen molar-refractivity contribution in [1.29, 1.82) is 0 Å². The lowest BCUT2D eigenvalue weighted by atomic mass is 10.4. The Balaban J connectivity index is 3.90. The molecule has 0 aromatic heterocycles. The molecule has 0 unspecified atom stereocenters. The number of carbonyl (C=O) groups excluding carboxylic acids is 1. The summed E-state index contributed by atoms with van der Waals surface area (Å²) >= 11 is 0. The molecule has 0 saturated heterocycles. The second-order valence-corrected chi connectivity index (χ2v) is 3.12. The van der Waals surface area contributed by atoms with Crippen LogP contribution in [-0.4, -0.2) is 24.0 Å². The molecule has 0 atom stereocenters. The van der Waals surface area contributed by atoms with Crippen LogP contribution in [0.5, 0.6) is 0 Å². The van der Waals surface area contributed by atoms with E-state index in [0.29, 0.717) is 18.7 Å². The van der Waals surface area contributed by atoms with Gasteiger partial charge in [0.1, 0.15) is 6.61 Å². The molecule has 0 spiro atoms. The molecule has 3 heteroatoms. The average molecular weight is 209 g/mol. The molecule has 0 N–H and O–H groups in total. The van der Waals surface area contributed by atoms with E-state index < -0.39 is 0 Å². The first-order chi connectivity index (χ1) is 7.11. The number of carbonyl (C=O) groups is 1. The fourth-order valence-electron chi connectivity index (χ4n) is 0.949. The monoisotopic (exact) mass is 209 g/mol. The topological polar surface area (TPSA) is 29.5 Å². The zero-order valence-electron chi connectivity index (χ0n) is 9.69. The number of hydrogen-bond donors (Lipinski definition) is 0. The average Bonchev–Trinajstić information content (AvgIpc) is 2.18. The third-order valence-corrected chi connectivity index (χ3v) is 1.61. The maximum atomic E-state index is 11.1. The molecular formula is C12H19NO2. The highest BCUT2D eigenvalue weighted by Crippen LogP contribution is 1.95. The van der Waals surface area contributed by atoms with Crippen molar-refractivity contribution in [3.63, 3.8) is 0 Å². The van der Waals surface area contributed by atoms with Gasteiger partial charge in [-0.3, -0.25) is 0 Å². The summed E-state index contributed by atoms with van der Waals surface area (Å²) in [5, 5.41) is 0. The Morgan fingerprint density at radius 2 is 1.87 bits per heavy atom. The van der Waals surface area contributed by atoms with Crippen molar-refractivity contribution in [2.45, 2.75) is 20.8 Å². The summed E-state index contributed by atoms with van der Waals surface area (Å²) in [5.74, 6) is -0.337. The van der Waals surface area contributed by atoms with Gasteiger partial charge in [0.05, 0.1) is 6.54 Å². The molecule has 0 aliphatic heterocycles. The Hall–Kier alpha value is -1.51. The summed E-state index contributed by atoms with van der Waals surface area (Å²) in [6.45, 7) is 10.0. The Labute approximate surface area is 91.7 Å². The summed E-state index contributed by atoms with van der Waals surface area (Å²) in [7, 11) is 0. The largest absolute Gasteiger partial charge is 0.460 e. The SMILES string of the molecule is C=C(C)C(=O)OCCN(C=CC)C=CC. The molecule has 15 heavy (non-hydrogen) atoms. The molecule has 0 bridgehead atoms. The van der Waals surface area contributed by atoms with Crippen LogP contribution >= 0.6 is 0 Å². The number of allylic oxidation sites excluding steroid dienone is 2. The minimum absolute atomic E-state index is 0.337. The first kappa shape index (κ1) is 13.5. The Bertz CT molecular complexity index is 255. The lowest BCUT2D eigenvalue weighted by Crippen LogP contribution is -2.18. The van der Waals surface area contributed by atoms with E-state index in [2.05, 4.69) is 6.58 Å². The van der Waals surface area contributed by atoms with Crippen molar-refractivity contribution in [1.82, 2.24) is 4.90 Å². The normalized spacial score (nSPS) is 10.9. The van der Waals surface area contributed by atoms with Crippen LogP contribution in [0.3, 0.4) is 0 Å². The van der Waals surface area contributed by atoms with Crippen molar-refractivity contribution in [3.05, 3.63) is 36.7 Å². The Morgan fingerprint density at radius 1 is 1.33 bits per heavy atom. The molecular weight excluding hydrogens is 190 g/mol. The van der Waals surface area contributed by atoms with Crippen molar-refractivity contribution in [3.8, 4) is 0 Å². The van der Waals surface area contributed by atoms with Crippen molar-refractivity contribution >= 4 is 5.97 Å². The van der Waals surface area contributed by atoms with E-state index in [1.54, 1.807) is 6.92 Å². The summed E-state index contributed by atoms with van der Waals surface area (Å²) in [6.07, 6.45) is 7.71. The van der Waals surface area contributed by atoms with E-state index >= 15 is 0 Å². The standard InChI is InChI=1S/C12H19NO2/c1-5-7-13(8-6-2)9-10-15-12(14)11(3)4/h5-8H,3,9-10H2,1-2,4H3. The molecule has 0 heterocycles. The molecule has 0 amide bonds. The Kier molecular flexibility index (Phi) is 7.06. The zero-order chi connectivity index (χ0) is 11.7. The lowest BCUT2D eigenvalue weighted by molar-refractivity contribution is -0.139. The molecule has 84 valence electrons. The van der Waals surface area contributed by atoms with Crippen LogP contribution in [0, 0.1) is 0 Å². The van der Waals surface area contributed by atoms with E-state index in [4.69, 9.17) is 4.74 Å². The number of rotatable bonds is 6. The van der Waals surface area contributed by atoms with Gasteiger partial charge in [-0.2, -0.15) is 0 Å². The predicted molar refractivity (Wildman–Crippen MR) is 62.1 cm³/mol. The molecule has 0 aromatic rings. The van der Waals surface area contributed by atoms with Crippen molar-refractivity contribution < 1.29 is 9.53 Å². The Morgan fingerprint density at radius 3 is 2.27 bits per heavy atom. The predicted octanol–water partition coefficient (Wildman–Crippen LogP) is 2.47. The molecule has 0 rings (SSSR count). The van der Waals surface area contributed by atoms with Gasteiger partial charge in [-0.1, -0.05) is 18.7 Å². The molecule has 3 nitrogen and oxygen atoms in total. The van der Waals surface area contributed by atoms with Crippen molar-refractivity contribution in [2.24, 2.45) is 0 Å². The second-order valence-electron chi connectivity index (χ2n) is 3.12. The van der Waals surface area contributed by atoms with E-state index in [0.717, 1.165) is 0 Å². The van der Waals surface area contributed by atoms with Gasteiger partial charge in [-0.25, -0.2) is 4.79 Å². The second kappa shape index (κ2) is 7.85. The van der Waals surface area contributed by atoms with Crippen LogP contribution in [0.15, 0.2) is 36.7 Å². The van der Waals surface area contributed by atoms with E-state index in [1.165, 1.54) is 0 Å². The van der Waals surface area contributed by atoms with Gasteiger partial charge in [-0.15, -0.1) is 0 Å². The smallest absolute Gasteiger partial charge is 0.333 e. The summed E-state index contributed by atoms with van der Waals surface area (Å²) in [4.78, 5) is 13.0. The van der Waals surface area contributed by atoms with Gasteiger partial charge >= 0.3 is 5.97 Å². The van der Waals surface area contributed by atoms with E-state index in [1.807, 2.05) is 43.3 Å². The number of esters is 1. The van der Waals surface area contributed by atoms with Crippen molar-refractivity contribution in [2.75, 3.05) is 13.2 Å². The quantitative estimate of drug-likeness (QED) is 0.497. The first-order valence-electron chi connectivity index (χ1n) is 4.95. The molecule has 0 aliphatic rings. The zero-order valence-corrected chi connectivity index (χ0v) is 9.69. The highest BCUT2D eigenvalue weighted by Gasteiger charge is 2.02. The van der Waals surface area contributed by atoms with Crippen LogP contribution < -0.4 is 0 Å². The fraction of sp³-hybridized carbons (Fsp3) is 0.417. The van der Waals surface area contributed by atoms with Gasteiger partial charge in [0, 0.05) is 5.57 Å². The third-order valence-electron chi connectivity index (χ3n) is 1.61. The van der Waals surface area contributed by atoms with Crippen LogP contribution in [-0.2, 0) is 9.53 Å². The van der Waals surface area contributed by atoms with Gasteiger partial charge < -0.3 is 9.64 Å². The minimum Gasteiger partial charge on any atom is -0.460 e. The van der Waals surface area contributed by atoms with Crippen LogP contribution in [0.1, 0.15) is 20.8 Å². The van der Waals surface area contributed by atoms with Gasteiger partial charge in [0.25, 0.3) is 0 Å². The highest BCUT2D eigenvalue weighted by atomic mass is 16.5. The molecule has 0 fully saturated rings. The summed E-state index contributed by atoms with van der Waals surface area (Å²) in [5.41, 5.74) is 0.429. The van der Waals surface area contributed by atoms with Gasteiger partial charge in [0.2, 0.25) is 0 Å². The molecule has 0 saturated carbocycles. The maximum Gasteiger partial charge on any atom is 0.333 e. The van der Waals surface area contributed by atoms with E-state index in [-0.39, 0.29) is 5.97 Å². The first-order valence-corrected chi connectivity index (χ1v) is 4.95. The van der Waals surface area contributed by atoms with Gasteiger partial charge in [0.15, 0.2) is 0 Å². The summed E-state index contributed by atoms with van der Waals surface area (Å²) < 4.78 is 4.98. The third kappa shape index (κ3) is 6.55. The number of ether oxygens (including phenoxy) is 1. The molecule has 0 aliphatic carbocycles. The van der Waals surface area contributed by atoms with Gasteiger partial charge in [-0.05, 0) is 33.2 Å². The number of nitrogens with zero attached hydrogens (tertiary/aromatic N) is 1. The lowest BCUT2D eigenvalue weighted by Gasteiger charge is -2.14. The van der Waals surface area contributed by atoms with Crippen LogP contribution in [0.4, 0.5) is 0 Å². The minimum atomic E-state index is -0.337. The van der Waals surface area contributed by atoms with E-state index in [9.17, 15) is 4.79 Å². The summed E-state index contributed by atoms with van der Waals surface area (Å²) in [6, 6.07) is 0. The molecule has 0 radical (unpaired) electrons. The van der Waals surface area contributed by atoms with Crippen LogP contribution in [0.25, 0.3) is 0 Å².